The molecule has 0 saturated carbocycles. The first-order valence-corrected chi connectivity index (χ1v) is 6.69. The molecule has 0 fully saturated rings. The summed E-state index contributed by atoms with van der Waals surface area (Å²) in [5, 5.41) is 6.72. The minimum absolute atomic E-state index is 0.0229. The summed E-state index contributed by atoms with van der Waals surface area (Å²) in [6.07, 6.45) is 1.57. The highest BCUT2D eigenvalue weighted by Crippen LogP contribution is 2.19. The third kappa shape index (κ3) is 3.50. The fourth-order valence-electron chi connectivity index (χ4n) is 1.87. The van der Waals surface area contributed by atoms with Gasteiger partial charge in [-0.05, 0) is 12.5 Å². The van der Waals surface area contributed by atoms with Crippen LogP contribution in [0.3, 0.4) is 0 Å². The zero-order valence-corrected chi connectivity index (χ0v) is 12.4. The first kappa shape index (κ1) is 15.7. The first-order chi connectivity index (χ1) is 10.4. The van der Waals surface area contributed by atoms with Crippen molar-refractivity contribution in [3.8, 4) is 0 Å². The predicted octanol–water partition coefficient (Wildman–Crippen LogP) is 0.869. The number of rotatable bonds is 5. The normalized spacial score (nSPS) is 13.2. The van der Waals surface area contributed by atoms with Gasteiger partial charge in [-0.15, -0.1) is 0 Å². The van der Waals surface area contributed by atoms with Crippen LogP contribution in [0.2, 0.25) is 0 Å². The molecule has 0 saturated heterocycles. The monoisotopic (exact) mass is 302 g/mol. The van der Waals surface area contributed by atoms with Gasteiger partial charge >= 0.3 is 5.97 Å². The number of amides is 1. The molecule has 1 atom stereocenters. The summed E-state index contributed by atoms with van der Waals surface area (Å²) < 4.78 is 5.92. The van der Waals surface area contributed by atoms with Crippen LogP contribution in [-0.2, 0) is 26.4 Å². The summed E-state index contributed by atoms with van der Waals surface area (Å²) in [5.74, 6) is -0.488. The van der Waals surface area contributed by atoms with Crippen LogP contribution >= 0.6 is 0 Å². The number of carbonyl (C=O) groups is 2. The molecule has 22 heavy (non-hydrogen) atoms. The third-order valence-corrected chi connectivity index (χ3v) is 3.25. The van der Waals surface area contributed by atoms with E-state index < -0.39 is 11.5 Å². The van der Waals surface area contributed by atoms with Crippen molar-refractivity contribution in [2.75, 3.05) is 12.4 Å². The number of esters is 1. The predicted molar refractivity (Wildman–Crippen MR) is 80.9 cm³/mol. The standard InChI is InChI=1S/C15H18N4O3/c1-15(16,11-6-4-3-5-7-11)14(21)17-12-8-9-19(18-12)10-13(20)22-2/h3-9H,10,16H2,1-2H3,(H,17,18,21). The van der Waals surface area contributed by atoms with E-state index >= 15 is 0 Å². The van der Waals surface area contributed by atoms with Gasteiger partial charge in [0, 0.05) is 12.3 Å². The highest BCUT2D eigenvalue weighted by atomic mass is 16.5. The van der Waals surface area contributed by atoms with Gasteiger partial charge in [0.2, 0.25) is 5.91 Å². The Labute approximate surface area is 128 Å². The van der Waals surface area contributed by atoms with Crippen LogP contribution < -0.4 is 11.1 Å². The average Bonchev–Trinajstić information content (AvgIpc) is 2.95. The molecule has 0 radical (unpaired) electrons. The van der Waals surface area contributed by atoms with Crippen LogP contribution in [0, 0.1) is 0 Å². The van der Waals surface area contributed by atoms with E-state index in [0.29, 0.717) is 11.4 Å². The first-order valence-electron chi connectivity index (χ1n) is 6.69. The Morgan fingerprint density at radius 1 is 1.32 bits per heavy atom. The number of hydrogen-bond donors (Lipinski definition) is 2. The highest BCUT2D eigenvalue weighted by Gasteiger charge is 2.30. The number of benzene rings is 1. The summed E-state index contributed by atoms with van der Waals surface area (Å²) in [5.41, 5.74) is 5.63. The van der Waals surface area contributed by atoms with Gasteiger partial charge < -0.3 is 15.8 Å². The summed E-state index contributed by atoms with van der Waals surface area (Å²) in [6, 6.07) is 10.6. The Kier molecular flexibility index (Phi) is 4.57. The highest BCUT2D eigenvalue weighted by molar-refractivity contribution is 5.97. The molecule has 3 N–H and O–H groups in total. The lowest BCUT2D eigenvalue weighted by Gasteiger charge is -2.23. The largest absolute Gasteiger partial charge is 0.468 e. The van der Waals surface area contributed by atoms with E-state index in [2.05, 4.69) is 15.2 Å². The number of nitrogens with one attached hydrogen (secondary N) is 1. The lowest BCUT2D eigenvalue weighted by molar-refractivity contribution is -0.141. The van der Waals surface area contributed by atoms with Crippen molar-refractivity contribution in [3.63, 3.8) is 0 Å². The molecule has 1 unspecified atom stereocenters. The Balaban J connectivity index is 2.07. The molecule has 1 heterocycles. The van der Waals surface area contributed by atoms with Crippen molar-refractivity contribution in [1.29, 1.82) is 0 Å². The molecule has 7 nitrogen and oxygen atoms in total. The third-order valence-electron chi connectivity index (χ3n) is 3.25. The molecule has 0 aliphatic rings. The van der Waals surface area contributed by atoms with Crippen molar-refractivity contribution < 1.29 is 14.3 Å². The van der Waals surface area contributed by atoms with E-state index in [-0.39, 0.29) is 12.5 Å². The quantitative estimate of drug-likeness (QED) is 0.798. The van der Waals surface area contributed by atoms with Crippen LogP contribution in [0.4, 0.5) is 5.82 Å². The smallest absolute Gasteiger partial charge is 0.327 e. The zero-order chi connectivity index (χ0) is 16.2. The summed E-state index contributed by atoms with van der Waals surface area (Å²) in [7, 11) is 1.30. The maximum atomic E-state index is 12.3. The van der Waals surface area contributed by atoms with Crippen LogP contribution in [0.15, 0.2) is 42.6 Å². The van der Waals surface area contributed by atoms with E-state index in [1.54, 1.807) is 31.3 Å². The van der Waals surface area contributed by atoms with E-state index in [4.69, 9.17) is 5.73 Å². The Morgan fingerprint density at radius 2 is 2.00 bits per heavy atom. The summed E-state index contributed by atoms with van der Waals surface area (Å²) >= 11 is 0. The van der Waals surface area contributed by atoms with Crippen molar-refractivity contribution in [3.05, 3.63) is 48.2 Å². The summed E-state index contributed by atoms with van der Waals surface area (Å²) in [6.45, 7) is 1.61. The van der Waals surface area contributed by atoms with Gasteiger partial charge in [-0.25, -0.2) is 0 Å². The van der Waals surface area contributed by atoms with E-state index in [1.807, 2.05) is 18.2 Å². The van der Waals surface area contributed by atoms with Crippen LogP contribution in [-0.4, -0.2) is 28.8 Å². The maximum Gasteiger partial charge on any atom is 0.327 e. The molecule has 0 spiro atoms. The zero-order valence-electron chi connectivity index (χ0n) is 12.4. The maximum absolute atomic E-state index is 12.3. The second-order valence-electron chi connectivity index (χ2n) is 5.00. The minimum Gasteiger partial charge on any atom is -0.468 e. The number of nitrogens with two attached hydrogens (primary N) is 1. The topological polar surface area (TPSA) is 99.2 Å². The lowest BCUT2D eigenvalue weighted by Crippen LogP contribution is -2.45. The van der Waals surface area contributed by atoms with Crippen molar-refractivity contribution in [2.45, 2.75) is 19.0 Å². The molecular weight excluding hydrogens is 284 g/mol. The molecule has 0 bridgehead atoms. The Bertz CT molecular complexity index is 664. The lowest BCUT2D eigenvalue weighted by atomic mass is 9.92. The van der Waals surface area contributed by atoms with Crippen molar-refractivity contribution in [2.24, 2.45) is 5.73 Å². The van der Waals surface area contributed by atoms with Crippen molar-refractivity contribution >= 4 is 17.7 Å². The molecule has 7 heteroatoms. The average molecular weight is 302 g/mol. The van der Waals surface area contributed by atoms with Gasteiger partial charge in [-0.2, -0.15) is 5.10 Å². The van der Waals surface area contributed by atoms with Crippen molar-refractivity contribution in [1.82, 2.24) is 9.78 Å². The molecule has 1 aromatic heterocycles. The van der Waals surface area contributed by atoms with E-state index in [1.165, 1.54) is 11.8 Å². The molecule has 0 aliphatic heterocycles. The number of aromatic nitrogens is 2. The number of hydrogen-bond acceptors (Lipinski definition) is 5. The molecule has 1 aromatic carbocycles. The summed E-state index contributed by atoms with van der Waals surface area (Å²) in [4.78, 5) is 23.5. The van der Waals surface area contributed by atoms with Crippen LogP contribution in [0.1, 0.15) is 12.5 Å². The molecular formula is C15H18N4O3. The van der Waals surface area contributed by atoms with E-state index in [0.717, 1.165) is 0 Å². The second kappa shape index (κ2) is 6.40. The fourth-order valence-corrected chi connectivity index (χ4v) is 1.87. The van der Waals surface area contributed by atoms with E-state index in [9.17, 15) is 9.59 Å². The number of carbonyl (C=O) groups excluding carboxylic acids is 2. The SMILES string of the molecule is COC(=O)Cn1ccc(NC(=O)C(C)(N)c2ccccc2)n1. The number of anilines is 1. The van der Waals surface area contributed by atoms with Gasteiger partial charge in [0.15, 0.2) is 5.82 Å². The number of nitrogens with zero attached hydrogens (tertiary/aromatic N) is 2. The molecule has 0 aliphatic carbocycles. The number of methoxy groups -OCH3 is 1. The second-order valence-corrected chi connectivity index (χ2v) is 5.00. The molecule has 1 amide bonds. The molecule has 2 rings (SSSR count). The van der Waals surface area contributed by atoms with Gasteiger partial charge in [0.1, 0.15) is 12.1 Å². The van der Waals surface area contributed by atoms with Gasteiger partial charge in [0.05, 0.1) is 7.11 Å². The van der Waals surface area contributed by atoms with Crippen LogP contribution in [0.25, 0.3) is 0 Å². The minimum atomic E-state index is -1.19. The molecule has 2 aromatic rings. The van der Waals surface area contributed by atoms with Crippen LogP contribution in [0.5, 0.6) is 0 Å². The van der Waals surface area contributed by atoms with Gasteiger partial charge in [-0.3, -0.25) is 14.3 Å². The fraction of sp³-hybridized carbons (Fsp3) is 0.267. The van der Waals surface area contributed by atoms with Gasteiger partial charge in [-0.1, -0.05) is 30.3 Å². The number of ether oxygens (including phenoxy) is 1. The molecule has 116 valence electrons. The Hall–Kier alpha value is -2.67. The Morgan fingerprint density at radius 3 is 2.64 bits per heavy atom. The van der Waals surface area contributed by atoms with Gasteiger partial charge in [0.25, 0.3) is 0 Å².